The van der Waals surface area contributed by atoms with Crippen molar-refractivity contribution in [1.29, 1.82) is 0 Å². The molecule has 22 heavy (non-hydrogen) atoms. The van der Waals surface area contributed by atoms with Gasteiger partial charge in [0, 0.05) is 6.42 Å². The van der Waals surface area contributed by atoms with E-state index in [2.05, 4.69) is 4.74 Å². The molecule has 0 amide bonds. The van der Waals surface area contributed by atoms with Crippen LogP contribution in [-0.2, 0) is 35.3 Å². The molecule has 6 heteroatoms. The number of ketones is 2. The minimum Gasteiger partial charge on any atom is -0.469 e. The van der Waals surface area contributed by atoms with Crippen LogP contribution in [0.25, 0.3) is 0 Å². The monoisotopic (exact) mass is 308 g/mol. The van der Waals surface area contributed by atoms with Gasteiger partial charge in [0.25, 0.3) is 0 Å². The highest BCUT2D eigenvalue weighted by atomic mass is 16.5. The highest BCUT2D eigenvalue weighted by Crippen LogP contribution is 2.11. The van der Waals surface area contributed by atoms with Crippen LogP contribution in [0.3, 0.4) is 0 Å². The Kier molecular flexibility index (Phi) is 6.95. The Labute approximate surface area is 128 Å². The Hall–Kier alpha value is -2.50. The first-order chi connectivity index (χ1) is 10.5. The summed E-state index contributed by atoms with van der Waals surface area (Å²) in [6, 6.07) is 8.91. The van der Waals surface area contributed by atoms with Gasteiger partial charge in [-0.3, -0.25) is 19.2 Å². The third-order valence-electron chi connectivity index (χ3n) is 2.99. The zero-order valence-electron chi connectivity index (χ0n) is 12.5. The molecular weight excluding hydrogens is 290 g/mol. The Balaban J connectivity index is 2.61. The molecule has 0 aromatic heterocycles. The Morgan fingerprint density at radius 1 is 1.05 bits per heavy atom. The van der Waals surface area contributed by atoms with Crippen LogP contribution in [0.1, 0.15) is 25.3 Å². The van der Waals surface area contributed by atoms with E-state index in [4.69, 9.17) is 4.74 Å². The van der Waals surface area contributed by atoms with Gasteiger partial charge in [0.1, 0.15) is 6.61 Å². The third kappa shape index (κ3) is 5.47. The van der Waals surface area contributed by atoms with Crippen LogP contribution in [0.15, 0.2) is 30.3 Å². The molecule has 1 atom stereocenters. The van der Waals surface area contributed by atoms with Crippen molar-refractivity contribution in [2.75, 3.05) is 7.11 Å². The van der Waals surface area contributed by atoms with Crippen molar-refractivity contribution in [2.24, 2.45) is 5.92 Å². The summed E-state index contributed by atoms with van der Waals surface area (Å²) in [5.74, 6) is -4.21. The molecule has 0 N–H and O–H groups in total. The highest BCUT2D eigenvalue weighted by molar-refractivity contribution is 6.16. The molecule has 0 radical (unpaired) electrons. The predicted molar refractivity (Wildman–Crippen MR) is 76.7 cm³/mol. The second-order valence-electron chi connectivity index (χ2n) is 4.68. The van der Waals surface area contributed by atoms with E-state index in [1.807, 2.05) is 6.07 Å². The minimum absolute atomic E-state index is 0.0201. The van der Waals surface area contributed by atoms with Crippen LogP contribution in [0, 0.1) is 5.92 Å². The third-order valence-corrected chi connectivity index (χ3v) is 2.99. The number of esters is 2. The first-order valence-corrected chi connectivity index (χ1v) is 6.76. The predicted octanol–water partition coefficient (Wildman–Crippen LogP) is 1.46. The van der Waals surface area contributed by atoms with Gasteiger partial charge in [0.15, 0.2) is 17.5 Å². The van der Waals surface area contributed by atoms with Crippen molar-refractivity contribution in [3.63, 3.8) is 0 Å². The zero-order valence-corrected chi connectivity index (χ0v) is 12.5. The number of hydrogen-bond acceptors (Lipinski definition) is 6. The lowest BCUT2D eigenvalue weighted by Gasteiger charge is -2.12. The number of carbonyl (C=O) groups is 4. The van der Waals surface area contributed by atoms with Crippen molar-refractivity contribution in [2.45, 2.75) is 26.4 Å². The molecule has 0 bridgehead atoms. The van der Waals surface area contributed by atoms with Crippen molar-refractivity contribution < 1.29 is 28.7 Å². The highest BCUT2D eigenvalue weighted by Gasteiger charge is 2.32. The number of ether oxygens (including phenoxy) is 2. The average molecular weight is 308 g/mol. The topological polar surface area (TPSA) is 86.7 Å². The molecule has 0 aliphatic rings. The fraction of sp³-hybridized carbons (Fsp3) is 0.375. The lowest BCUT2D eigenvalue weighted by Crippen LogP contribution is -2.32. The second kappa shape index (κ2) is 8.71. The molecular formula is C16H18O6. The summed E-state index contributed by atoms with van der Waals surface area (Å²) in [4.78, 5) is 46.4. The fourth-order valence-corrected chi connectivity index (χ4v) is 1.81. The van der Waals surface area contributed by atoms with Crippen molar-refractivity contribution >= 4 is 23.5 Å². The Morgan fingerprint density at radius 3 is 2.23 bits per heavy atom. The van der Waals surface area contributed by atoms with Crippen molar-refractivity contribution in [3.05, 3.63) is 35.9 Å². The van der Waals surface area contributed by atoms with Crippen LogP contribution in [0.4, 0.5) is 0 Å². The van der Waals surface area contributed by atoms with Crippen LogP contribution >= 0.6 is 0 Å². The molecule has 0 aliphatic heterocycles. The van der Waals surface area contributed by atoms with Crippen LogP contribution in [0.5, 0.6) is 0 Å². The van der Waals surface area contributed by atoms with Crippen LogP contribution in [-0.4, -0.2) is 30.6 Å². The number of rotatable bonds is 8. The fourth-order valence-electron chi connectivity index (χ4n) is 1.81. The van der Waals surface area contributed by atoms with E-state index < -0.39 is 29.4 Å². The normalized spacial score (nSPS) is 11.4. The van der Waals surface area contributed by atoms with E-state index in [0.717, 1.165) is 12.5 Å². The number of benzene rings is 1. The number of methoxy groups -OCH3 is 1. The van der Waals surface area contributed by atoms with Gasteiger partial charge in [0.05, 0.1) is 13.5 Å². The summed E-state index contributed by atoms with van der Waals surface area (Å²) in [7, 11) is 1.20. The van der Waals surface area contributed by atoms with Crippen molar-refractivity contribution in [1.82, 2.24) is 0 Å². The zero-order chi connectivity index (χ0) is 16.5. The standard InChI is InChI=1S/C16H18O6/c1-11(17)15(13(18)8-9-14(19)21-2)16(20)22-10-12-6-4-3-5-7-12/h3-7,15H,8-10H2,1-2H3/i11+1,15+1. The largest absolute Gasteiger partial charge is 0.469 e. The molecule has 118 valence electrons. The number of hydrogen-bond donors (Lipinski definition) is 0. The summed E-state index contributed by atoms with van der Waals surface area (Å²) in [5.41, 5.74) is 0.750. The molecule has 0 saturated carbocycles. The molecule has 0 spiro atoms. The van der Waals surface area contributed by atoms with E-state index in [0.29, 0.717) is 0 Å². The minimum atomic E-state index is -1.49. The van der Waals surface area contributed by atoms with E-state index in [1.165, 1.54) is 7.11 Å². The van der Waals surface area contributed by atoms with Gasteiger partial charge in [-0.05, 0) is 12.5 Å². The van der Waals surface area contributed by atoms with Gasteiger partial charge in [-0.25, -0.2) is 0 Å². The Bertz CT molecular complexity index is 549. The lowest BCUT2D eigenvalue weighted by atomic mass is 10.2. The Morgan fingerprint density at radius 2 is 1.68 bits per heavy atom. The van der Waals surface area contributed by atoms with E-state index in [1.54, 1.807) is 24.3 Å². The van der Waals surface area contributed by atoms with Crippen molar-refractivity contribution in [3.8, 4) is 0 Å². The quantitative estimate of drug-likeness (QED) is 0.410. The van der Waals surface area contributed by atoms with Gasteiger partial charge >= 0.3 is 11.9 Å². The summed E-state index contributed by atoms with van der Waals surface area (Å²) in [6.45, 7) is 1.12. The molecule has 1 rings (SSSR count). The summed E-state index contributed by atoms with van der Waals surface area (Å²) in [5, 5.41) is 0. The molecule has 0 aliphatic carbocycles. The molecule has 0 heterocycles. The maximum absolute atomic E-state index is 11.9. The SMILES string of the molecule is COC(=O)CCC(=O)[13CH](C(=O)OCc1ccccc1)[13C](C)=O. The molecule has 0 saturated heterocycles. The second-order valence-corrected chi connectivity index (χ2v) is 4.68. The molecule has 1 unspecified atom stereocenters. The molecule has 0 fully saturated rings. The maximum atomic E-state index is 11.9. The van der Waals surface area contributed by atoms with E-state index >= 15 is 0 Å². The maximum Gasteiger partial charge on any atom is 0.324 e. The van der Waals surface area contributed by atoms with Crippen LogP contribution in [0.2, 0.25) is 0 Å². The summed E-state index contributed by atoms with van der Waals surface area (Å²) in [6.07, 6.45) is -0.414. The van der Waals surface area contributed by atoms with E-state index in [-0.39, 0.29) is 19.4 Å². The van der Waals surface area contributed by atoms with E-state index in [9.17, 15) is 19.2 Å². The molecule has 1 aromatic rings. The summed E-state index contributed by atoms with van der Waals surface area (Å²) >= 11 is 0. The number of carbonyl (C=O) groups excluding carboxylic acids is 4. The first-order valence-electron chi connectivity index (χ1n) is 6.76. The van der Waals surface area contributed by atoms with Gasteiger partial charge in [-0.15, -0.1) is 0 Å². The molecule has 1 aromatic carbocycles. The smallest absolute Gasteiger partial charge is 0.324 e. The van der Waals surface area contributed by atoms with Crippen LogP contribution < -0.4 is 0 Å². The van der Waals surface area contributed by atoms with Gasteiger partial charge in [0.2, 0.25) is 0 Å². The summed E-state index contributed by atoms with van der Waals surface area (Å²) < 4.78 is 9.42. The van der Waals surface area contributed by atoms with Gasteiger partial charge in [-0.2, -0.15) is 0 Å². The lowest BCUT2D eigenvalue weighted by molar-refractivity contribution is -0.156. The van der Waals surface area contributed by atoms with Gasteiger partial charge < -0.3 is 9.47 Å². The van der Waals surface area contributed by atoms with Gasteiger partial charge in [-0.1, -0.05) is 30.3 Å². The average Bonchev–Trinajstić information content (AvgIpc) is 2.51. The first kappa shape index (κ1) is 17.6. The molecule has 6 nitrogen and oxygen atoms in total. The number of Topliss-reactive ketones (excluding diaryl/α,β-unsaturated/α-hetero) is 2.